The van der Waals surface area contributed by atoms with E-state index in [0.29, 0.717) is 16.7 Å². The van der Waals surface area contributed by atoms with E-state index in [1.807, 2.05) is 31.2 Å². The van der Waals surface area contributed by atoms with E-state index in [0.717, 1.165) is 27.2 Å². The van der Waals surface area contributed by atoms with Gasteiger partial charge in [0, 0.05) is 22.0 Å². The van der Waals surface area contributed by atoms with Crippen molar-refractivity contribution in [1.82, 2.24) is 10.2 Å². The van der Waals surface area contributed by atoms with E-state index in [4.69, 9.17) is 0 Å². The largest absolute Gasteiger partial charge is 0.354 e. The van der Waals surface area contributed by atoms with Gasteiger partial charge in [-0.05, 0) is 61.4 Å². The highest BCUT2D eigenvalue weighted by Crippen LogP contribution is 2.27. The molecule has 0 bridgehead atoms. The quantitative estimate of drug-likeness (QED) is 0.250. The van der Waals surface area contributed by atoms with Gasteiger partial charge in [0.2, 0.25) is 11.8 Å². The molecule has 0 aromatic heterocycles. The van der Waals surface area contributed by atoms with Gasteiger partial charge < -0.3 is 10.2 Å². The van der Waals surface area contributed by atoms with E-state index >= 15 is 0 Å². The summed E-state index contributed by atoms with van der Waals surface area (Å²) in [6, 6.07) is 21.4. The smallest absolute Gasteiger partial charge is 0.264 e. The van der Waals surface area contributed by atoms with Crippen LogP contribution in [0.15, 0.2) is 92.7 Å². The molecule has 0 spiro atoms. The predicted octanol–water partition coefficient (Wildman–Crippen LogP) is 5.74. The molecule has 0 radical (unpaired) electrons. The number of carbonyl (C=O) groups is 2. The van der Waals surface area contributed by atoms with Crippen LogP contribution in [0.5, 0.6) is 0 Å². The molecule has 3 aromatic carbocycles. The Morgan fingerprint density at radius 2 is 1.58 bits per heavy atom. The summed E-state index contributed by atoms with van der Waals surface area (Å²) in [5, 5.41) is 2.88. The van der Waals surface area contributed by atoms with E-state index in [-0.39, 0.29) is 17.3 Å². The van der Waals surface area contributed by atoms with Crippen molar-refractivity contribution in [3.63, 3.8) is 0 Å². The summed E-state index contributed by atoms with van der Waals surface area (Å²) in [5.41, 5.74) is 1.14. The van der Waals surface area contributed by atoms with Crippen LogP contribution in [-0.2, 0) is 26.2 Å². The number of hydrogen-bond donors (Lipinski definition) is 1. The Labute approximate surface area is 241 Å². The second kappa shape index (κ2) is 13.9. The molecule has 10 heteroatoms. The van der Waals surface area contributed by atoms with Gasteiger partial charge in [0.05, 0.1) is 10.6 Å². The molecule has 0 fully saturated rings. The first-order valence-corrected chi connectivity index (χ1v) is 15.3. The molecule has 0 saturated heterocycles. The van der Waals surface area contributed by atoms with E-state index in [1.165, 1.54) is 17.0 Å². The predicted molar refractivity (Wildman–Crippen MR) is 157 cm³/mol. The van der Waals surface area contributed by atoms with Crippen LogP contribution in [0.4, 0.5) is 5.69 Å². The molecule has 202 valence electrons. The van der Waals surface area contributed by atoms with Crippen molar-refractivity contribution in [1.29, 1.82) is 0 Å². The van der Waals surface area contributed by atoms with Gasteiger partial charge in [-0.1, -0.05) is 81.6 Å². The minimum atomic E-state index is -4.09. The fraction of sp³-hybridized carbons (Fsp3) is 0.286. The Balaban J connectivity index is 1.99. The van der Waals surface area contributed by atoms with Crippen LogP contribution in [0.25, 0.3) is 0 Å². The fourth-order valence-electron chi connectivity index (χ4n) is 3.83. The zero-order valence-corrected chi connectivity index (χ0v) is 25.3. The first kappa shape index (κ1) is 29.9. The molecule has 0 saturated carbocycles. The molecule has 0 heterocycles. The molecule has 1 atom stereocenters. The van der Waals surface area contributed by atoms with Gasteiger partial charge >= 0.3 is 0 Å². The zero-order chi connectivity index (χ0) is 27.7. The van der Waals surface area contributed by atoms with Crippen molar-refractivity contribution >= 4 is 59.4 Å². The number of carbonyl (C=O) groups excluding carboxylic acids is 2. The number of unbranched alkanes of at least 4 members (excludes halogenated alkanes) is 1. The van der Waals surface area contributed by atoms with Gasteiger partial charge in [0.1, 0.15) is 12.6 Å². The first-order chi connectivity index (χ1) is 18.1. The molecule has 38 heavy (non-hydrogen) atoms. The summed E-state index contributed by atoms with van der Waals surface area (Å²) >= 11 is 6.85. The van der Waals surface area contributed by atoms with Gasteiger partial charge in [-0.15, -0.1) is 0 Å². The van der Waals surface area contributed by atoms with Gasteiger partial charge in [0.15, 0.2) is 0 Å². The number of nitrogens with one attached hydrogen (secondary N) is 1. The lowest BCUT2D eigenvalue weighted by atomic mass is 10.1. The van der Waals surface area contributed by atoms with Crippen molar-refractivity contribution in [2.24, 2.45) is 0 Å². The van der Waals surface area contributed by atoms with Crippen LogP contribution in [0, 0.1) is 0 Å². The Morgan fingerprint density at radius 3 is 2.21 bits per heavy atom. The van der Waals surface area contributed by atoms with Gasteiger partial charge in [-0.3, -0.25) is 13.9 Å². The van der Waals surface area contributed by atoms with Crippen LogP contribution < -0.4 is 9.62 Å². The van der Waals surface area contributed by atoms with Crippen LogP contribution in [0.3, 0.4) is 0 Å². The van der Waals surface area contributed by atoms with Crippen LogP contribution >= 0.6 is 31.9 Å². The third-order valence-corrected chi connectivity index (χ3v) is 8.72. The number of hydrogen-bond acceptors (Lipinski definition) is 4. The number of nitrogens with zero attached hydrogens (tertiary/aromatic N) is 2. The van der Waals surface area contributed by atoms with Crippen molar-refractivity contribution < 1.29 is 18.0 Å². The van der Waals surface area contributed by atoms with E-state index in [9.17, 15) is 18.0 Å². The third kappa shape index (κ3) is 7.91. The molecular weight excluding hydrogens is 634 g/mol. The van der Waals surface area contributed by atoms with E-state index in [1.54, 1.807) is 49.4 Å². The van der Waals surface area contributed by atoms with Crippen LogP contribution in [0.1, 0.15) is 32.3 Å². The third-order valence-electron chi connectivity index (χ3n) is 5.95. The summed E-state index contributed by atoms with van der Waals surface area (Å²) in [7, 11) is -4.09. The number of amides is 2. The van der Waals surface area contributed by atoms with E-state index < -0.39 is 28.5 Å². The highest BCUT2D eigenvalue weighted by atomic mass is 79.9. The fourth-order valence-corrected chi connectivity index (χ4v) is 6.09. The number of benzene rings is 3. The SMILES string of the molecule is CCCCNC(=O)[C@@H](C)N(Cc1cccc(Br)c1)C(=O)CN(c1cccc(Br)c1)S(=O)(=O)c1ccccc1. The lowest BCUT2D eigenvalue weighted by Gasteiger charge is -2.32. The summed E-state index contributed by atoms with van der Waals surface area (Å²) in [6.07, 6.45) is 1.75. The van der Waals surface area contributed by atoms with Gasteiger partial charge in [-0.25, -0.2) is 8.42 Å². The monoisotopic (exact) mass is 663 g/mol. The number of anilines is 1. The molecule has 1 N–H and O–H groups in total. The van der Waals surface area contributed by atoms with Crippen molar-refractivity contribution in [3.8, 4) is 0 Å². The minimum Gasteiger partial charge on any atom is -0.354 e. The molecule has 0 aliphatic carbocycles. The maximum absolute atomic E-state index is 13.9. The summed E-state index contributed by atoms with van der Waals surface area (Å²) in [4.78, 5) is 28.4. The van der Waals surface area contributed by atoms with Gasteiger partial charge in [-0.2, -0.15) is 0 Å². The maximum atomic E-state index is 13.9. The first-order valence-electron chi connectivity index (χ1n) is 12.3. The summed E-state index contributed by atoms with van der Waals surface area (Å²) < 4.78 is 30.1. The van der Waals surface area contributed by atoms with Crippen LogP contribution in [0.2, 0.25) is 0 Å². The average Bonchev–Trinajstić information content (AvgIpc) is 2.90. The molecule has 0 aliphatic rings. The van der Waals surface area contributed by atoms with Crippen molar-refractivity contribution in [2.45, 2.75) is 44.2 Å². The molecule has 2 amide bonds. The topological polar surface area (TPSA) is 86.8 Å². The second-order valence-corrected chi connectivity index (χ2v) is 12.5. The number of halogens is 2. The Morgan fingerprint density at radius 1 is 0.921 bits per heavy atom. The highest BCUT2D eigenvalue weighted by Gasteiger charge is 2.32. The number of sulfonamides is 1. The molecule has 7 nitrogen and oxygen atoms in total. The zero-order valence-electron chi connectivity index (χ0n) is 21.3. The van der Waals surface area contributed by atoms with Crippen molar-refractivity contribution in [2.75, 3.05) is 17.4 Å². The highest BCUT2D eigenvalue weighted by molar-refractivity contribution is 9.10. The number of rotatable bonds is 12. The Hall–Kier alpha value is -2.69. The minimum absolute atomic E-state index is 0.0664. The molecule has 3 aromatic rings. The Bertz CT molecular complexity index is 1350. The lowest BCUT2D eigenvalue weighted by Crippen LogP contribution is -2.51. The summed E-state index contributed by atoms with van der Waals surface area (Å²) in [5.74, 6) is -0.788. The molecule has 0 aliphatic heterocycles. The Kier molecular flexibility index (Phi) is 10.9. The summed E-state index contributed by atoms with van der Waals surface area (Å²) in [6.45, 7) is 3.85. The normalized spacial score (nSPS) is 12.0. The standard InChI is InChI=1S/C28H31Br2N3O4S/c1-3-4-16-31-28(35)21(2)32(19-22-10-8-11-23(29)17-22)27(34)20-33(25-13-9-12-24(30)18-25)38(36,37)26-14-6-5-7-15-26/h5-15,17-18,21H,3-4,16,19-20H2,1-2H3,(H,31,35)/t21-/m1/s1. The molecule has 3 rings (SSSR count). The second-order valence-electron chi connectivity index (χ2n) is 8.78. The maximum Gasteiger partial charge on any atom is 0.264 e. The van der Waals surface area contributed by atoms with Gasteiger partial charge in [0.25, 0.3) is 10.0 Å². The van der Waals surface area contributed by atoms with Crippen LogP contribution in [-0.4, -0.2) is 44.3 Å². The molecule has 0 unspecified atom stereocenters. The molecular formula is C28H31Br2N3O4S. The van der Waals surface area contributed by atoms with E-state index in [2.05, 4.69) is 37.2 Å². The van der Waals surface area contributed by atoms with Crippen molar-refractivity contribution in [3.05, 3.63) is 93.4 Å². The average molecular weight is 665 g/mol. The lowest BCUT2D eigenvalue weighted by molar-refractivity contribution is -0.139.